The predicted octanol–water partition coefficient (Wildman–Crippen LogP) is 5.50. The molecule has 0 unspecified atom stereocenters. The number of nitrogens with zero attached hydrogens (tertiary/aromatic N) is 1. The van der Waals surface area contributed by atoms with E-state index in [1.165, 1.54) is 25.9 Å². The summed E-state index contributed by atoms with van der Waals surface area (Å²) >= 11 is 0. The number of amides is 1. The lowest BCUT2D eigenvalue weighted by Crippen LogP contribution is -2.43. The molecule has 1 saturated heterocycles. The Morgan fingerprint density at radius 2 is 1.93 bits per heavy atom. The number of anilines is 1. The topological polar surface area (TPSA) is 50.8 Å². The largest absolute Gasteiger partial charge is 0.492 e. The first kappa shape index (κ1) is 24.7. The smallest absolute Gasteiger partial charge is 0.256 e. The van der Waals surface area contributed by atoms with Gasteiger partial charge in [-0.25, -0.2) is 0 Å². The summed E-state index contributed by atoms with van der Waals surface area (Å²) in [6.45, 7) is 13.1. The molecule has 0 bridgehead atoms. The first-order chi connectivity index (χ1) is 14.5. The van der Waals surface area contributed by atoms with E-state index in [9.17, 15) is 4.79 Å². The molecule has 1 aliphatic rings. The fourth-order valence-corrected chi connectivity index (χ4v) is 3.97. The lowest BCUT2D eigenvalue weighted by atomic mass is 9.96. The van der Waals surface area contributed by atoms with Crippen molar-refractivity contribution in [3.8, 4) is 5.75 Å². The molecule has 30 heavy (non-hydrogen) atoms. The molecule has 0 spiro atoms. The van der Waals surface area contributed by atoms with Gasteiger partial charge < -0.3 is 14.8 Å². The molecule has 0 saturated carbocycles. The Balaban J connectivity index is 1.82. The van der Waals surface area contributed by atoms with Gasteiger partial charge in [-0.2, -0.15) is 0 Å². The molecule has 5 nitrogen and oxygen atoms in total. The summed E-state index contributed by atoms with van der Waals surface area (Å²) in [5, 5.41) is 3.03. The first-order valence-electron chi connectivity index (χ1n) is 11.9. The number of rotatable bonds is 13. The number of hydrogen-bond donors (Lipinski definition) is 1. The zero-order valence-corrected chi connectivity index (χ0v) is 19.5. The van der Waals surface area contributed by atoms with Crippen molar-refractivity contribution >= 4 is 11.6 Å². The van der Waals surface area contributed by atoms with Crippen molar-refractivity contribution in [3.05, 3.63) is 24.3 Å². The average Bonchev–Trinajstić information content (AvgIpc) is 2.74. The van der Waals surface area contributed by atoms with E-state index in [-0.39, 0.29) is 5.91 Å². The van der Waals surface area contributed by atoms with Crippen molar-refractivity contribution in [1.29, 1.82) is 0 Å². The fraction of sp³-hybridized carbons (Fsp3) is 0.720. The van der Waals surface area contributed by atoms with Crippen LogP contribution in [0, 0.1) is 5.92 Å². The van der Waals surface area contributed by atoms with Crippen LogP contribution in [0.1, 0.15) is 72.6 Å². The van der Waals surface area contributed by atoms with Gasteiger partial charge in [0.2, 0.25) is 0 Å². The first-order valence-corrected chi connectivity index (χ1v) is 11.9. The van der Waals surface area contributed by atoms with E-state index in [4.69, 9.17) is 9.47 Å². The Hall–Kier alpha value is -1.59. The Labute approximate surface area is 183 Å². The van der Waals surface area contributed by atoms with Gasteiger partial charge in [0.15, 0.2) is 0 Å². The maximum absolute atomic E-state index is 12.9. The predicted molar refractivity (Wildman–Crippen MR) is 124 cm³/mol. The molecule has 1 heterocycles. The van der Waals surface area contributed by atoms with Crippen LogP contribution in [0.25, 0.3) is 0 Å². The van der Waals surface area contributed by atoms with Gasteiger partial charge in [0.25, 0.3) is 5.91 Å². The summed E-state index contributed by atoms with van der Waals surface area (Å²) in [6.07, 6.45) is 7.50. The Morgan fingerprint density at radius 1 is 1.17 bits per heavy atom. The molecule has 0 aliphatic carbocycles. The molecule has 1 amide bonds. The molecule has 1 aromatic rings. The van der Waals surface area contributed by atoms with Crippen LogP contribution in [0.5, 0.6) is 5.75 Å². The van der Waals surface area contributed by atoms with Crippen molar-refractivity contribution in [2.75, 3.05) is 38.2 Å². The zero-order chi connectivity index (χ0) is 21.8. The third kappa shape index (κ3) is 8.27. The molecule has 5 heteroatoms. The average molecular weight is 419 g/mol. The van der Waals surface area contributed by atoms with Crippen LogP contribution >= 0.6 is 0 Å². The van der Waals surface area contributed by atoms with E-state index in [0.29, 0.717) is 13.2 Å². The highest BCUT2D eigenvalue weighted by molar-refractivity contribution is 5.97. The monoisotopic (exact) mass is 418 g/mol. The molecular weight excluding hydrogens is 376 g/mol. The van der Waals surface area contributed by atoms with Crippen LogP contribution < -0.4 is 10.1 Å². The van der Waals surface area contributed by atoms with E-state index < -0.39 is 5.60 Å². The molecule has 1 fully saturated rings. The van der Waals surface area contributed by atoms with Gasteiger partial charge in [0.1, 0.15) is 18.0 Å². The van der Waals surface area contributed by atoms with Crippen molar-refractivity contribution in [2.24, 2.45) is 5.92 Å². The van der Waals surface area contributed by atoms with Gasteiger partial charge in [-0.3, -0.25) is 9.69 Å². The van der Waals surface area contributed by atoms with Crippen molar-refractivity contribution in [1.82, 2.24) is 4.90 Å². The van der Waals surface area contributed by atoms with Crippen LogP contribution in [-0.4, -0.2) is 49.3 Å². The minimum absolute atomic E-state index is 0.0695. The van der Waals surface area contributed by atoms with Gasteiger partial charge >= 0.3 is 0 Å². The Kier molecular flexibility index (Phi) is 10.7. The van der Waals surface area contributed by atoms with Crippen LogP contribution in [0.3, 0.4) is 0 Å². The summed E-state index contributed by atoms with van der Waals surface area (Å²) in [5.41, 5.74) is -0.00891. The standard InChI is InChI=1S/C25H42N2O3/c1-5-7-8-15-25(4,30-18-6-2)24(28)26-22-11-13-23(14-12-22)29-19-17-27-16-9-10-21(3)20-27/h11-14,21H,5-10,15-20H2,1-4H3,(H,26,28)/t21-,25+/m0/s1. The van der Waals surface area contributed by atoms with Gasteiger partial charge in [-0.15, -0.1) is 0 Å². The van der Waals surface area contributed by atoms with Gasteiger partial charge in [-0.05, 0) is 69.3 Å². The van der Waals surface area contributed by atoms with Crippen LogP contribution in [0.2, 0.25) is 0 Å². The molecule has 1 N–H and O–H groups in total. The second kappa shape index (κ2) is 13.0. The fourth-order valence-electron chi connectivity index (χ4n) is 3.97. The molecule has 170 valence electrons. The van der Waals surface area contributed by atoms with E-state index in [2.05, 4.69) is 31.0 Å². The number of unbranched alkanes of at least 4 members (excludes halogenated alkanes) is 2. The van der Waals surface area contributed by atoms with E-state index in [0.717, 1.165) is 56.0 Å². The lowest BCUT2D eigenvalue weighted by Gasteiger charge is -2.30. The molecule has 1 aliphatic heterocycles. The summed E-state index contributed by atoms with van der Waals surface area (Å²) < 4.78 is 11.9. The minimum Gasteiger partial charge on any atom is -0.492 e. The quantitative estimate of drug-likeness (QED) is 0.430. The molecule has 0 aromatic heterocycles. The maximum Gasteiger partial charge on any atom is 0.256 e. The Bertz CT molecular complexity index is 619. The van der Waals surface area contributed by atoms with Gasteiger partial charge in [-0.1, -0.05) is 40.0 Å². The number of carbonyl (C=O) groups excluding carboxylic acids is 1. The van der Waals surface area contributed by atoms with E-state index in [1.54, 1.807) is 0 Å². The number of nitrogens with one attached hydrogen (secondary N) is 1. The normalized spacial score (nSPS) is 19.3. The number of ether oxygens (including phenoxy) is 2. The summed E-state index contributed by atoms with van der Waals surface area (Å²) in [5.74, 6) is 1.56. The van der Waals surface area contributed by atoms with Gasteiger partial charge in [0.05, 0.1) is 0 Å². The number of piperidine rings is 1. The van der Waals surface area contributed by atoms with E-state index >= 15 is 0 Å². The SMILES string of the molecule is CCCCC[C@@](C)(OCCC)C(=O)Nc1ccc(OCCN2CCC[C@H](C)C2)cc1. The highest BCUT2D eigenvalue weighted by atomic mass is 16.5. The second-order valence-corrected chi connectivity index (χ2v) is 8.91. The summed E-state index contributed by atoms with van der Waals surface area (Å²) in [4.78, 5) is 15.4. The molecule has 1 aromatic carbocycles. The third-order valence-corrected chi connectivity index (χ3v) is 5.89. The third-order valence-electron chi connectivity index (χ3n) is 5.89. The second-order valence-electron chi connectivity index (χ2n) is 8.91. The summed E-state index contributed by atoms with van der Waals surface area (Å²) in [6, 6.07) is 7.66. The minimum atomic E-state index is -0.786. The number of benzene rings is 1. The lowest BCUT2D eigenvalue weighted by molar-refractivity contribution is -0.140. The van der Waals surface area contributed by atoms with Crippen molar-refractivity contribution < 1.29 is 14.3 Å². The highest BCUT2D eigenvalue weighted by Crippen LogP contribution is 2.24. The van der Waals surface area contributed by atoms with Crippen LogP contribution in [0.15, 0.2) is 24.3 Å². The van der Waals surface area contributed by atoms with Crippen molar-refractivity contribution in [2.45, 2.75) is 78.2 Å². The highest BCUT2D eigenvalue weighted by Gasteiger charge is 2.33. The zero-order valence-electron chi connectivity index (χ0n) is 19.5. The molecule has 0 radical (unpaired) electrons. The van der Waals surface area contributed by atoms with Crippen LogP contribution in [0.4, 0.5) is 5.69 Å². The maximum atomic E-state index is 12.9. The van der Waals surface area contributed by atoms with Crippen LogP contribution in [-0.2, 0) is 9.53 Å². The number of likely N-dealkylation sites (tertiary alicyclic amines) is 1. The van der Waals surface area contributed by atoms with E-state index in [1.807, 2.05) is 31.2 Å². The van der Waals surface area contributed by atoms with Crippen molar-refractivity contribution in [3.63, 3.8) is 0 Å². The molecule has 2 atom stereocenters. The van der Waals surface area contributed by atoms with Gasteiger partial charge in [0, 0.05) is 25.4 Å². The summed E-state index contributed by atoms with van der Waals surface area (Å²) in [7, 11) is 0. The Morgan fingerprint density at radius 3 is 2.60 bits per heavy atom. The number of hydrogen-bond acceptors (Lipinski definition) is 4. The molecule has 2 rings (SSSR count). The number of carbonyl (C=O) groups is 1. The molecular formula is C25H42N2O3.